The van der Waals surface area contributed by atoms with Crippen LogP contribution in [-0.2, 0) is 0 Å². The van der Waals surface area contributed by atoms with Gasteiger partial charge in [-0.3, -0.25) is 0 Å². The van der Waals surface area contributed by atoms with Crippen molar-refractivity contribution >= 4 is 0 Å². The van der Waals surface area contributed by atoms with Gasteiger partial charge in [-0.25, -0.2) is 0 Å². The molecule has 1 aliphatic heterocycles. The van der Waals surface area contributed by atoms with Gasteiger partial charge in [0.15, 0.2) is 11.5 Å². The topological polar surface area (TPSA) is 50.7 Å². The fourth-order valence-electron chi connectivity index (χ4n) is 2.43. The highest BCUT2D eigenvalue weighted by Gasteiger charge is 2.24. The molecule has 1 aromatic rings. The lowest BCUT2D eigenvalue weighted by Crippen LogP contribution is -2.28. The molecule has 0 amide bonds. The average molecular weight is 237 g/mol. The van der Waals surface area contributed by atoms with Crippen LogP contribution < -0.4 is 14.8 Å². The minimum Gasteiger partial charge on any atom is -0.508 e. The lowest BCUT2D eigenvalue weighted by Gasteiger charge is -2.26. The van der Waals surface area contributed by atoms with Gasteiger partial charge in [0.25, 0.3) is 0 Å². The summed E-state index contributed by atoms with van der Waals surface area (Å²) in [6.45, 7) is 1.92. The average Bonchev–Trinajstić information content (AvgIpc) is 2.39. The fourth-order valence-corrected chi connectivity index (χ4v) is 2.43. The highest BCUT2D eigenvalue weighted by molar-refractivity contribution is 5.55. The van der Waals surface area contributed by atoms with E-state index in [4.69, 9.17) is 9.47 Å². The highest BCUT2D eigenvalue weighted by atomic mass is 16.5. The van der Waals surface area contributed by atoms with E-state index in [1.807, 2.05) is 0 Å². The third kappa shape index (κ3) is 2.31. The Hall–Kier alpha value is -1.42. The summed E-state index contributed by atoms with van der Waals surface area (Å²) in [5, 5.41) is 13.4. The number of phenolic OH excluding ortho intramolecular Hbond substituents is 1. The number of hydrogen-bond donors (Lipinski definition) is 2. The molecule has 1 heterocycles. The molecule has 94 valence electrons. The second-order valence-corrected chi connectivity index (χ2v) is 4.28. The molecule has 2 N–H and O–H groups in total. The maximum absolute atomic E-state index is 10.0. The van der Waals surface area contributed by atoms with Crippen molar-refractivity contribution < 1.29 is 14.6 Å². The van der Waals surface area contributed by atoms with Crippen molar-refractivity contribution in [3.63, 3.8) is 0 Å². The van der Waals surface area contributed by atoms with E-state index in [0.717, 1.165) is 31.5 Å². The largest absolute Gasteiger partial charge is 0.508 e. The summed E-state index contributed by atoms with van der Waals surface area (Å²) >= 11 is 0. The number of ether oxygens (including phenoxy) is 2. The van der Waals surface area contributed by atoms with Crippen LogP contribution in [0, 0.1) is 0 Å². The first kappa shape index (κ1) is 12.0. The minimum atomic E-state index is 0.286. The molecule has 1 aromatic carbocycles. The highest BCUT2D eigenvalue weighted by Crippen LogP contribution is 2.43. The van der Waals surface area contributed by atoms with Crippen molar-refractivity contribution in [1.29, 1.82) is 0 Å². The molecule has 1 unspecified atom stereocenters. The second-order valence-electron chi connectivity index (χ2n) is 4.28. The van der Waals surface area contributed by atoms with Crippen molar-refractivity contribution in [1.82, 2.24) is 5.32 Å². The molecule has 1 saturated heterocycles. The SMILES string of the molecule is COc1ccc(O)c(C2CCCNC2)c1OC. The molecule has 4 heteroatoms. The molecule has 1 aliphatic rings. The summed E-state index contributed by atoms with van der Waals surface area (Å²) in [7, 11) is 3.22. The number of methoxy groups -OCH3 is 2. The predicted molar refractivity (Wildman–Crippen MR) is 66.1 cm³/mol. The molecule has 0 radical (unpaired) electrons. The smallest absolute Gasteiger partial charge is 0.167 e. The van der Waals surface area contributed by atoms with Crippen molar-refractivity contribution in [2.24, 2.45) is 0 Å². The molecular weight excluding hydrogens is 218 g/mol. The first-order valence-electron chi connectivity index (χ1n) is 5.92. The first-order valence-corrected chi connectivity index (χ1v) is 5.92. The van der Waals surface area contributed by atoms with Crippen molar-refractivity contribution in [3.8, 4) is 17.2 Å². The summed E-state index contributed by atoms with van der Waals surface area (Å²) in [5.74, 6) is 1.90. The van der Waals surface area contributed by atoms with E-state index in [-0.39, 0.29) is 11.7 Å². The molecule has 17 heavy (non-hydrogen) atoms. The quantitative estimate of drug-likeness (QED) is 0.842. The number of hydrogen-bond acceptors (Lipinski definition) is 4. The van der Waals surface area contributed by atoms with Crippen LogP contribution in [0.4, 0.5) is 0 Å². The monoisotopic (exact) mass is 237 g/mol. The molecule has 1 fully saturated rings. The van der Waals surface area contributed by atoms with Crippen LogP contribution in [-0.4, -0.2) is 32.4 Å². The van der Waals surface area contributed by atoms with E-state index < -0.39 is 0 Å². The van der Waals surface area contributed by atoms with Gasteiger partial charge in [-0.1, -0.05) is 0 Å². The Morgan fingerprint density at radius 1 is 1.29 bits per heavy atom. The van der Waals surface area contributed by atoms with Crippen LogP contribution in [0.3, 0.4) is 0 Å². The normalized spacial score (nSPS) is 20.0. The Labute approximate surface area is 102 Å². The summed E-state index contributed by atoms with van der Waals surface area (Å²) < 4.78 is 10.7. The predicted octanol–water partition coefficient (Wildman–Crippen LogP) is 1.88. The number of aromatic hydroxyl groups is 1. The van der Waals surface area contributed by atoms with Crippen LogP contribution in [0.2, 0.25) is 0 Å². The number of piperidine rings is 1. The molecular formula is C13H19NO3. The third-order valence-corrected chi connectivity index (χ3v) is 3.27. The van der Waals surface area contributed by atoms with Gasteiger partial charge < -0.3 is 19.9 Å². The lowest BCUT2D eigenvalue weighted by molar-refractivity contribution is 0.337. The van der Waals surface area contributed by atoms with Crippen molar-refractivity contribution in [2.45, 2.75) is 18.8 Å². The lowest BCUT2D eigenvalue weighted by atomic mass is 9.90. The Balaban J connectivity index is 2.41. The molecule has 2 rings (SSSR count). The van der Waals surface area contributed by atoms with Gasteiger partial charge in [0.1, 0.15) is 5.75 Å². The van der Waals surface area contributed by atoms with E-state index in [1.54, 1.807) is 26.4 Å². The summed E-state index contributed by atoms with van der Waals surface area (Å²) in [6.07, 6.45) is 2.18. The molecule has 0 bridgehead atoms. The van der Waals surface area contributed by atoms with E-state index in [0.29, 0.717) is 11.5 Å². The van der Waals surface area contributed by atoms with Gasteiger partial charge in [-0.15, -0.1) is 0 Å². The van der Waals surface area contributed by atoms with Gasteiger partial charge in [0.2, 0.25) is 0 Å². The van der Waals surface area contributed by atoms with Crippen LogP contribution in [0.15, 0.2) is 12.1 Å². The van der Waals surface area contributed by atoms with Gasteiger partial charge in [0, 0.05) is 18.0 Å². The van der Waals surface area contributed by atoms with Crippen molar-refractivity contribution in [3.05, 3.63) is 17.7 Å². The standard InChI is InChI=1S/C13H19NO3/c1-16-11-6-5-10(15)12(13(11)17-2)9-4-3-7-14-8-9/h5-6,9,14-15H,3-4,7-8H2,1-2H3. The van der Waals surface area contributed by atoms with Crippen LogP contribution in [0.1, 0.15) is 24.3 Å². The van der Waals surface area contributed by atoms with Gasteiger partial charge in [-0.2, -0.15) is 0 Å². The fraction of sp³-hybridized carbons (Fsp3) is 0.538. The molecule has 0 spiro atoms. The number of nitrogens with one attached hydrogen (secondary N) is 1. The molecule has 0 saturated carbocycles. The van der Waals surface area contributed by atoms with Crippen LogP contribution >= 0.6 is 0 Å². The molecule has 0 aliphatic carbocycles. The number of phenols is 1. The maximum Gasteiger partial charge on any atom is 0.167 e. The van der Waals surface area contributed by atoms with Crippen LogP contribution in [0.25, 0.3) is 0 Å². The first-order chi connectivity index (χ1) is 8.27. The van der Waals surface area contributed by atoms with Gasteiger partial charge in [0.05, 0.1) is 14.2 Å². The zero-order chi connectivity index (χ0) is 12.3. The Morgan fingerprint density at radius 3 is 2.71 bits per heavy atom. The van der Waals surface area contributed by atoms with Gasteiger partial charge in [-0.05, 0) is 31.5 Å². The molecule has 1 atom stereocenters. The number of benzene rings is 1. The van der Waals surface area contributed by atoms with Crippen molar-refractivity contribution in [2.75, 3.05) is 27.3 Å². The minimum absolute atomic E-state index is 0.286. The summed E-state index contributed by atoms with van der Waals surface area (Å²) in [6, 6.07) is 3.40. The maximum atomic E-state index is 10.0. The van der Waals surface area contributed by atoms with E-state index >= 15 is 0 Å². The summed E-state index contributed by atoms with van der Waals surface area (Å²) in [5.41, 5.74) is 0.860. The van der Waals surface area contributed by atoms with Gasteiger partial charge >= 0.3 is 0 Å². The Morgan fingerprint density at radius 2 is 2.12 bits per heavy atom. The van der Waals surface area contributed by atoms with Crippen LogP contribution in [0.5, 0.6) is 17.2 Å². The zero-order valence-electron chi connectivity index (χ0n) is 10.3. The van der Waals surface area contributed by atoms with E-state index in [2.05, 4.69) is 5.32 Å². The molecule has 0 aromatic heterocycles. The zero-order valence-corrected chi connectivity index (χ0v) is 10.3. The van der Waals surface area contributed by atoms with E-state index in [1.165, 1.54) is 0 Å². The summed E-state index contributed by atoms with van der Waals surface area (Å²) in [4.78, 5) is 0. The second kappa shape index (κ2) is 5.27. The Kier molecular flexibility index (Phi) is 3.74. The number of rotatable bonds is 3. The van der Waals surface area contributed by atoms with E-state index in [9.17, 15) is 5.11 Å². The Bertz CT molecular complexity index is 386. The third-order valence-electron chi connectivity index (χ3n) is 3.27. The molecule has 4 nitrogen and oxygen atoms in total.